The van der Waals surface area contributed by atoms with Crippen LogP contribution in [-0.4, -0.2) is 65.5 Å². The van der Waals surface area contributed by atoms with Gasteiger partial charge in [0.05, 0.1) is 6.04 Å². The van der Waals surface area contributed by atoms with E-state index in [9.17, 15) is 9.59 Å². The summed E-state index contributed by atoms with van der Waals surface area (Å²) in [4.78, 5) is 43.7. The van der Waals surface area contributed by atoms with Crippen LogP contribution in [0.5, 0.6) is 0 Å². The fourth-order valence-corrected chi connectivity index (χ4v) is 6.28. The third-order valence-corrected chi connectivity index (χ3v) is 8.82. The van der Waals surface area contributed by atoms with Gasteiger partial charge in [-0.05, 0) is 123 Å². The Balaban J connectivity index is 0. The first-order chi connectivity index (χ1) is 28.7. The molecule has 0 bridgehead atoms. The van der Waals surface area contributed by atoms with E-state index in [2.05, 4.69) is 47.8 Å². The lowest BCUT2D eigenvalue weighted by atomic mass is 9.96. The van der Waals surface area contributed by atoms with E-state index in [-0.39, 0.29) is 30.0 Å². The molecule has 2 unspecified atom stereocenters. The Hall–Kier alpha value is -4.17. The summed E-state index contributed by atoms with van der Waals surface area (Å²) in [6.45, 7) is 27.1. The Morgan fingerprint density at radius 2 is 1.00 bits per heavy atom. The number of likely N-dealkylation sites (tertiary alicyclic amines) is 2. The molecule has 2 atom stereocenters. The molecule has 0 aliphatic carbocycles. The SMILES string of the molecule is CC.CC.CC.CC(C)(C)OC(=O)N1CCCCC1.CC(C)(C)OC(=O)N1CCCCC1c1ccccc1.Clc1ccccc1.O=C=O.c1ccc(C2CCCCN2)cc1. The standard InChI is InChI=1S/C16H23NO2.C11H15N.C10H19NO2.C6H5Cl.3C2H6.CO2/c1-16(2,3)19-15(18)17-12-8-7-11-14(17)13-9-5-4-6-10-13;1-2-6-10(7-3-1)11-8-4-5-9-12-11;1-10(2,3)13-9(12)11-7-5-4-6-8-11;7-6-4-2-1-3-5-6;3*1-2;2-1-3/h4-6,9-10,14H,7-8,11-12H2,1-3H3;1-3,6-7,11-12H,4-5,8-9H2;4-8H2,1-3H3;1-5H;3*1-2H3;. The molecule has 3 heterocycles. The van der Waals surface area contributed by atoms with Gasteiger partial charge in [0.25, 0.3) is 0 Å². The summed E-state index contributed by atoms with van der Waals surface area (Å²) in [6.07, 6.45) is 10.6. The topological polar surface area (TPSA) is 105 Å². The first kappa shape index (κ1) is 57.9. The number of carbonyl (C=O) groups is 2. The zero-order valence-corrected chi connectivity index (χ0v) is 40.0. The van der Waals surface area contributed by atoms with E-state index in [0.29, 0.717) is 6.04 Å². The summed E-state index contributed by atoms with van der Waals surface area (Å²) in [5, 5.41) is 4.33. The molecule has 2 amide bonds. The number of hydrogen-bond donors (Lipinski definition) is 1. The molecule has 3 saturated heterocycles. The van der Waals surface area contributed by atoms with Crippen LogP contribution in [-0.2, 0) is 19.1 Å². The summed E-state index contributed by atoms with van der Waals surface area (Å²) < 4.78 is 10.8. The number of carbonyl (C=O) groups excluding carboxylic acids is 4. The van der Waals surface area contributed by atoms with E-state index in [0.717, 1.165) is 50.3 Å². The molecule has 3 aromatic rings. The maximum absolute atomic E-state index is 12.3. The number of amides is 2. The number of hydrogen-bond acceptors (Lipinski definition) is 7. The van der Waals surface area contributed by atoms with Crippen molar-refractivity contribution in [3.63, 3.8) is 0 Å². The molecular formula is C50H80ClN3O6. The molecule has 6 rings (SSSR count). The second-order valence-corrected chi connectivity index (χ2v) is 15.9. The van der Waals surface area contributed by atoms with Crippen molar-refractivity contribution in [2.24, 2.45) is 0 Å². The van der Waals surface area contributed by atoms with Gasteiger partial charge in [-0.3, -0.25) is 0 Å². The predicted molar refractivity (Wildman–Crippen MR) is 249 cm³/mol. The minimum atomic E-state index is -0.435. The highest BCUT2D eigenvalue weighted by Crippen LogP contribution is 2.32. The van der Waals surface area contributed by atoms with E-state index < -0.39 is 5.60 Å². The van der Waals surface area contributed by atoms with Crippen LogP contribution < -0.4 is 5.32 Å². The third kappa shape index (κ3) is 28.3. The number of nitrogens with zero attached hydrogens (tertiary/aromatic N) is 2. The number of ether oxygens (including phenoxy) is 2. The normalized spacial score (nSPS) is 16.6. The smallest absolute Gasteiger partial charge is 0.410 e. The molecule has 1 N–H and O–H groups in total. The van der Waals surface area contributed by atoms with Gasteiger partial charge >= 0.3 is 18.3 Å². The van der Waals surface area contributed by atoms with E-state index in [1.165, 1.54) is 49.8 Å². The van der Waals surface area contributed by atoms with Gasteiger partial charge in [0.2, 0.25) is 0 Å². The Kier molecular flexibility index (Phi) is 34.3. The quantitative estimate of drug-likeness (QED) is 0.274. The highest BCUT2D eigenvalue weighted by Gasteiger charge is 2.31. The van der Waals surface area contributed by atoms with Gasteiger partial charge in [-0.25, -0.2) is 9.59 Å². The molecule has 0 spiro atoms. The number of piperidine rings is 3. The summed E-state index contributed by atoms with van der Waals surface area (Å²) in [6, 6.07) is 31.2. The molecule has 0 saturated carbocycles. The number of nitrogens with one attached hydrogen (secondary N) is 1. The van der Waals surface area contributed by atoms with E-state index in [4.69, 9.17) is 30.7 Å². The Bertz CT molecular complexity index is 1480. The van der Waals surface area contributed by atoms with Crippen molar-refractivity contribution >= 4 is 29.9 Å². The summed E-state index contributed by atoms with van der Waals surface area (Å²) in [5.41, 5.74) is 1.84. The Labute approximate surface area is 369 Å². The lowest BCUT2D eigenvalue weighted by Crippen LogP contribution is -2.41. The first-order valence-corrected chi connectivity index (χ1v) is 22.6. The maximum Gasteiger partial charge on any atom is 0.410 e. The molecule has 3 aromatic carbocycles. The van der Waals surface area contributed by atoms with Crippen molar-refractivity contribution in [1.29, 1.82) is 0 Å². The molecule has 60 heavy (non-hydrogen) atoms. The maximum atomic E-state index is 12.3. The summed E-state index contributed by atoms with van der Waals surface area (Å²) in [7, 11) is 0. The molecule has 3 aliphatic heterocycles. The van der Waals surface area contributed by atoms with Crippen LogP contribution in [0, 0.1) is 0 Å². The average Bonchev–Trinajstić information content (AvgIpc) is 3.27. The van der Waals surface area contributed by atoms with Gasteiger partial charge in [-0.15, -0.1) is 0 Å². The fraction of sp³-hybridized carbons (Fsp3) is 0.580. The minimum Gasteiger partial charge on any atom is -0.444 e. The van der Waals surface area contributed by atoms with Crippen LogP contribution in [0.4, 0.5) is 9.59 Å². The molecule has 0 aromatic heterocycles. The van der Waals surface area contributed by atoms with Gasteiger partial charge < -0.3 is 24.6 Å². The van der Waals surface area contributed by atoms with Gasteiger partial charge in [0.1, 0.15) is 11.2 Å². The summed E-state index contributed by atoms with van der Waals surface area (Å²) in [5.74, 6) is 0. The fourth-order valence-electron chi connectivity index (χ4n) is 6.13. The van der Waals surface area contributed by atoms with Gasteiger partial charge in [0, 0.05) is 30.7 Å². The van der Waals surface area contributed by atoms with Crippen LogP contribution in [0.15, 0.2) is 91.0 Å². The first-order valence-electron chi connectivity index (χ1n) is 22.2. The molecule has 3 aliphatic rings. The van der Waals surface area contributed by atoms with Crippen LogP contribution in [0.3, 0.4) is 0 Å². The molecule has 10 heteroatoms. The van der Waals surface area contributed by atoms with Crippen molar-refractivity contribution < 1.29 is 28.7 Å². The van der Waals surface area contributed by atoms with E-state index >= 15 is 0 Å². The Morgan fingerprint density at radius 3 is 1.42 bits per heavy atom. The van der Waals surface area contributed by atoms with Crippen molar-refractivity contribution in [1.82, 2.24) is 15.1 Å². The van der Waals surface area contributed by atoms with Crippen molar-refractivity contribution in [2.75, 3.05) is 26.2 Å². The highest BCUT2D eigenvalue weighted by atomic mass is 35.5. The lowest BCUT2D eigenvalue weighted by molar-refractivity contribution is -0.191. The summed E-state index contributed by atoms with van der Waals surface area (Å²) >= 11 is 5.54. The Morgan fingerprint density at radius 1 is 0.583 bits per heavy atom. The molecule has 0 radical (unpaired) electrons. The molecular weight excluding hydrogens is 774 g/mol. The minimum absolute atomic E-state index is 0.157. The highest BCUT2D eigenvalue weighted by molar-refractivity contribution is 6.30. The van der Waals surface area contributed by atoms with Crippen molar-refractivity contribution in [2.45, 2.75) is 164 Å². The van der Waals surface area contributed by atoms with Crippen LogP contribution in [0.25, 0.3) is 0 Å². The number of benzene rings is 3. The molecule has 338 valence electrons. The monoisotopic (exact) mass is 854 g/mol. The van der Waals surface area contributed by atoms with Crippen LogP contribution in [0.2, 0.25) is 5.02 Å². The lowest BCUT2D eigenvalue weighted by Gasteiger charge is -2.37. The van der Waals surface area contributed by atoms with Crippen molar-refractivity contribution in [3.8, 4) is 0 Å². The van der Waals surface area contributed by atoms with Crippen LogP contribution in [0.1, 0.15) is 164 Å². The largest absolute Gasteiger partial charge is 0.444 e. The van der Waals surface area contributed by atoms with E-state index in [1.807, 2.05) is 137 Å². The molecule has 3 fully saturated rings. The molecule has 9 nitrogen and oxygen atoms in total. The number of rotatable bonds is 2. The zero-order valence-electron chi connectivity index (χ0n) is 39.2. The van der Waals surface area contributed by atoms with Gasteiger partial charge in [-0.2, -0.15) is 9.59 Å². The average molecular weight is 855 g/mol. The number of halogens is 1. The van der Waals surface area contributed by atoms with Crippen molar-refractivity contribution in [3.05, 3.63) is 107 Å². The van der Waals surface area contributed by atoms with Gasteiger partial charge in [-0.1, -0.05) is 138 Å². The predicted octanol–water partition coefficient (Wildman–Crippen LogP) is 13.9. The van der Waals surface area contributed by atoms with Crippen LogP contribution >= 0.6 is 11.6 Å². The zero-order chi connectivity index (χ0) is 45.8. The second-order valence-electron chi connectivity index (χ2n) is 15.4. The van der Waals surface area contributed by atoms with Gasteiger partial charge in [0.15, 0.2) is 0 Å². The van der Waals surface area contributed by atoms with E-state index in [1.54, 1.807) is 4.90 Å². The third-order valence-electron chi connectivity index (χ3n) is 8.57. The second kappa shape index (κ2) is 35.6.